The first kappa shape index (κ1) is 15.6. The normalized spacial score (nSPS) is 12.8. The summed E-state index contributed by atoms with van der Waals surface area (Å²) in [6.07, 6.45) is -0.121. The number of nitrogens with one attached hydrogen (secondary N) is 1. The van der Waals surface area contributed by atoms with Crippen molar-refractivity contribution in [2.45, 2.75) is 39.8 Å². The van der Waals surface area contributed by atoms with E-state index >= 15 is 0 Å². The highest BCUT2D eigenvalue weighted by Gasteiger charge is 2.16. The Hall–Kier alpha value is -1.49. The highest BCUT2D eigenvalue weighted by molar-refractivity contribution is 5.69. The van der Waals surface area contributed by atoms with Crippen molar-refractivity contribution in [3.63, 3.8) is 0 Å². The highest BCUT2D eigenvalue weighted by Crippen LogP contribution is 2.30. The van der Waals surface area contributed by atoms with Crippen molar-refractivity contribution < 1.29 is 14.2 Å². The van der Waals surface area contributed by atoms with Crippen LogP contribution in [0.4, 0.5) is 15.8 Å². The minimum atomic E-state index is -0.484. The second-order valence-corrected chi connectivity index (χ2v) is 5.21. The molecule has 0 unspecified atom stereocenters. The van der Waals surface area contributed by atoms with E-state index in [0.29, 0.717) is 11.4 Å². The van der Waals surface area contributed by atoms with Gasteiger partial charge in [0.05, 0.1) is 30.1 Å². The number of rotatable bonds is 6. The topological polar surface area (TPSA) is 67.5 Å². The number of hydrogen-bond acceptors (Lipinski definition) is 4. The van der Waals surface area contributed by atoms with Gasteiger partial charge in [0.15, 0.2) is 11.6 Å². The van der Waals surface area contributed by atoms with Crippen LogP contribution in [0.15, 0.2) is 12.1 Å². The van der Waals surface area contributed by atoms with Crippen LogP contribution in [-0.4, -0.2) is 23.9 Å². The average Bonchev–Trinajstić information content (AvgIpc) is 2.30. The molecule has 0 saturated carbocycles. The first-order chi connectivity index (χ1) is 8.85. The van der Waals surface area contributed by atoms with Crippen LogP contribution in [0.2, 0.25) is 0 Å². The molecule has 4 N–H and O–H groups in total. The van der Waals surface area contributed by atoms with E-state index in [0.717, 1.165) is 0 Å². The largest absolute Gasteiger partial charge is 0.488 e. The van der Waals surface area contributed by atoms with E-state index in [-0.39, 0.29) is 30.4 Å². The lowest BCUT2D eigenvalue weighted by Crippen LogP contribution is -2.29. The average molecular weight is 270 g/mol. The Labute approximate surface area is 113 Å². The molecule has 0 aliphatic heterocycles. The molecule has 4 nitrogen and oxygen atoms in total. The van der Waals surface area contributed by atoms with Gasteiger partial charge < -0.3 is 20.9 Å². The van der Waals surface area contributed by atoms with E-state index in [1.807, 2.05) is 27.7 Å². The van der Waals surface area contributed by atoms with E-state index in [9.17, 15) is 9.50 Å². The quantitative estimate of drug-likeness (QED) is 0.695. The maximum Gasteiger partial charge on any atom is 0.167 e. The number of benzene rings is 1. The van der Waals surface area contributed by atoms with Gasteiger partial charge >= 0.3 is 0 Å². The molecular weight excluding hydrogens is 247 g/mol. The number of ether oxygens (including phenoxy) is 1. The molecule has 1 aromatic carbocycles. The Bertz CT molecular complexity index is 422. The van der Waals surface area contributed by atoms with Crippen molar-refractivity contribution in [3.05, 3.63) is 17.9 Å². The molecule has 0 aliphatic rings. The van der Waals surface area contributed by atoms with Crippen molar-refractivity contribution in [1.82, 2.24) is 0 Å². The van der Waals surface area contributed by atoms with Crippen molar-refractivity contribution in [2.75, 3.05) is 17.7 Å². The lowest BCUT2D eigenvalue weighted by atomic mass is 10.0. The Morgan fingerprint density at radius 1 is 1.32 bits per heavy atom. The number of halogens is 1. The van der Waals surface area contributed by atoms with Gasteiger partial charge in [-0.05, 0) is 19.8 Å². The van der Waals surface area contributed by atoms with Gasteiger partial charge in [-0.25, -0.2) is 4.39 Å². The number of nitrogens with two attached hydrogens (primary N) is 1. The van der Waals surface area contributed by atoms with Crippen molar-refractivity contribution >= 4 is 11.4 Å². The van der Waals surface area contributed by atoms with Crippen LogP contribution in [0.25, 0.3) is 0 Å². The molecule has 0 spiro atoms. The Balaban J connectivity index is 3.00. The van der Waals surface area contributed by atoms with E-state index < -0.39 is 5.82 Å². The van der Waals surface area contributed by atoms with E-state index in [4.69, 9.17) is 10.5 Å². The van der Waals surface area contributed by atoms with Gasteiger partial charge in [0.2, 0.25) is 0 Å². The summed E-state index contributed by atoms with van der Waals surface area (Å²) >= 11 is 0. The number of aliphatic hydroxyl groups is 1. The molecule has 19 heavy (non-hydrogen) atoms. The molecule has 1 atom stereocenters. The smallest absolute Gasteiger partial charge is 0.167 e. The first-order valence-electron chi connectivity index (χ1n) is 6.48. The standard InChI is InChI=1S/C14H23FN2O2/c1-8(2)13(7-18)17-12-6-14(19-9(3)4)10(15)5-11(12)16/h5-6,8-9,13,17-18H,7,16H2,1-4H3/t13-/m1/s1. The number of hydrogen-bond donors (Lipinski definition) is 3. The molecule has 5 heteroatoms. The molecule has 0 aliphatic carbocycles. The minimum Gasteiger partial charge on any atom is -0.488 e. The Kier molecular flexibility index (Phi) is 5.42. The number of nitrogen functional groups attached to an aromatic ring is 1. The molecular formula is C14H23FN2O2. The lowest BCUT2D eigenvalue weighted by molar-refractivity contribution is 0.231. The molecule has 0 fully saturated rings. The third-order valence-electron chi connectivity index (χ3n) is 2.81. The molecule has 0 radical (unpaired) electrons. The van der Waals surface area contributed by atoms with Crippen LogP contribution in [0.3, 0.4) is 0 Å². The molecule has 0 heterocycles. The predicted octanol–water partition coefficient (Wildman–Crippen LogP) is 2.62. The molecule has 0 aromatic heterocycles. The fraction of sp³-hybridized carbons (Fsp3) is 0.571. The highest BCUT2D eigenvalue weighted by atomic mass is 19.1. The van der Waals surface area contributed by atoms with E-state index in [1.54, 1.807) is 0 Å². The Morgan fingerprint density at radius 2 is 1.95 bits per heavy atom. The van der Waals surface area contributed by atoms with E-state index in [1.165, 1.54) is 12.1 Å². The van der Waals surface area contributed by atoms with Gasteiger partial charge in [-0.15, -0.1) is 0 Å². The van der Waals surface area contributed by atoms with Crippen LogP contribution >= 0.6 is 0 Å². The van der Waals surface area contributed by atoms with Gasteiger partial charge in [-0.1, -0.05) is 13.8 Å². The summed E-state index contributed by atoms with van der Waals surface area (Å²) in [4.78, 5) is 0. The second kappa shape index (κ2) is 6.61. The van der Waals surface area contributed by atoms with Crippen molar-refractivity contribution in [3.8, 4) is 5.75 Å². The number of anilines is 2. The van der Waals surface area contributed by atoms with Crippen LogP contribution in [0.5, 0.6) is 5.75 Å². The van der Waals surface area contributed by atoms with Crippen LogP contribution in [-0.2, 0) is 0 Å². The fourth-order valence-electron chi connectivity index (χ4n) is 1.66. The summed E-state index contributed by atoms with van der Waals surface area (Å²) < 4.78 is 19.1. The lowest BCUT2D eigenvalue weighted by Gasteiger charge is -2.23. The predicted molar refractivity (Wildman–Crippen MR) is 75.9 cm³/mol. The molecule has 108 valence electrons. The SMILES string of the molecule is CC(C)Oc1cc(N[C@H](CO)C(C)C)c(N)cc1F. The van der Waals surface area contributed by atoms with Crippen LogP contribution < -0.4 is 15.8 Å². The summed E-state index contributed by atoms with van der Waals surface area (Å²) in [5.74, 6) is -0.0992. The summed E-state index contributed by atoms with van der Waals surface area (Å²) in [5, 5.41) is 12.4. The zero-order chi connectivity index (χ0) is 14.6. The van der Waals surface area contributed by atoms with Gasteiger partial charge in [-0.2, -0.15) is 0 Å². The van der Waals surface area contributed by atoms with Gasteiger partial charge in [0, 0.05) is 12.1 Å². The van der Waals surface area contributed by atoms with Crippen LogP contribution in [0.1, 0.15) is 27.7 Å². The van der Waals surface area contributed by atoms with E-state index in [2.05, 4.69) is 5.32 Å². The molecule has 0 bridgehead atoms. The summed E-state index contributed by atoms with van der Waals surface area (Å²) in [7, 11) is 0. The monoisotopic (exact) mass is 270 g/mol. The maximum atomic E-state index is 13.7. The van der Waals surface area contributed by atoms with Crippen LogP contribution in [0, 0.1) is 11.7 Å². The zero-order valence-corrected chi connectivity index (χ0v) is 11.9. The first-order valence-corrected chi connectivity index (χ1v) is 6.48. The summed E-state index contributed by atoms with van der Waals surface area (Å²) in [6, 6.07) is 2.63. The third kappa shape index (κ3) is 4.28. The second-order valence-electron chi connectivity index (χ2n) is 5.21. The molecule has 1 aromatic rings. The number of aliphatic hydroxyl groups excluding tert-OH is 1. The molecule has 0 amide bonds. The minimum absolute atomic E-state index is 0.0190. The molecule has 1 rings (SSSR count). The van der Waals surface area contributed by atoms with Gasteiger partial charge in [0.25, 0.3) is 0 Å². The summed E-state index contributed by atoms with van der Waals surface area (Å²) in [5.41, 5.74) is 6.66. The molecule has 0 saturated heterocycles. The van der Waals surface area contributed by atoms with Crippen molar-refractivity contribution in [2.24, 2.45) is 5.92 Å². The fourth-order valence-corrected chi connectivity index (χ4v) is 1.66. The van der Waals surface area contributed by atoms with Crippen molar-refractivity contribution in [1.29, 1.82) is 0 Å². The van der Waals surface area contributed by atoms with Gasteiger partial charge in [-0.3, -0.25) is 0 Å². The summed E-state index contributed by atoms with van der Waals surface area (Å²) in [6.45, 7) is 7.61. The third-order valence-corrected chi connectivity index (χ3v) is 2.81. The van der Waals surface area contributed by atoms with Gasteiger partial charge in [0.1, 0.15) is 0 Å². The maximum absolute atomic E-state index is 13.7. The zero-order valence-electron chi connectivity index (χ0n) is 11.9. The Morgan fingerprint density at radius 3 is 2.42 bits per heavy atom.